The Balaban J connectivity index is 2.23. The standard InChI is InChI=1S/C16H20N4O3/c1-10-5-6-11(16(22)23-4)7-13(10)19-15(21)14(17-2)12-8-18-20(3)9-12/h5-9,14,17H,1-4H3,(H,19,21). The maximum absolute atomic E-state index is 12.5. The van der Waals surface area contributed by atoms with Crippen LogP contribution in [0.2, 0.25) is 0 Å². The average molecular weight is 316 g/mol. The Labute approximate surface area is 134 Å². The van der Waals surface area contributed by atoms with Crippen LogP contribution < -0.4 is 10.6 Å². The number of carbonyl (C=O) groups excluding carboxylic acids is 2. The van der Waals surface area contributed by atoms with Gasteiger partial charge in [0, 0.05) is 24.5 Å². The number of carbonyl (C=O) groups is 2. The lowest BCUT2D eigenvalue weighted by molar-refractivity contribution is -0.118. The Kier molecular flexibility index (Phi) is 5.13. The molecular weight excluding hydrogens is 296 g/mol. The summed E-state index contributed by atoms with van der Waals surface area (Å²) in [6, 6.07) is 4.49. The van der Waals surface area contributed by atoms with Crippen LogP contribution in [-0.4, -0.2) is 35.8 Å². The molecule has 1 heterocycles. The van der Waals surface area contributed by atoms with Crippen molar-refractivity contribution in [3.63, 3.8) is 0 Å². The fourth-order valence-electron chi connectivity index (χ4n) is 2.24. The fraction of sp³-hybridized carbons (Fsp3) is 0.312. The number of nitrogens with one attached hydrogen (secondary N) is 2. The highest BCUT2D eigenvalue weighted by molar-refractivity contribution is 5.98. The topological polar surface area (TPSA) is 85.2 Å². The quantitative estimate of drug-likeness (QED) is 0.815. The summed E-state index contributed by atoms with van der Waals surface area (Å²) in [6.45, 7) is 1.86. The monoisotopic (exact) mass is 316 g/mol. The number of amides is 1. The molecule has 1 aromatic carbocycles. The van der Waals surface area contributed by atoms with Crippen molar-refractivity contribution in [3.05, 3.63) is 47.3 Å². The van der Waals surface area contributed by atoms with Gasteiger partial charge in [-0.2, -0.15) is 5.10 Å². The van der Waals surface area contributed by atoms with Gasteiger partial charge in [0.05, 0.1) is 18.9 Å². The molecule has 0 aliphatic carbocycles. The Morgan fingerprint density at radius 2 is 2.09 bits per heavy atom. The largest absolute Gasteiger partial charge is 0.465 e. The predicted octanol–water partition coefficient (Wildman–Crippen LogP) is 1.41. The van der Waals surface area contributed by atoms with Crippen molar-refractivity contribution in [2.24, 2.45) is 7.05 Å². The molecule has 0 radical (unpaired) electrons. The van der Waals surface area contributed by atoms with Gasteiger partial charge in [0.25, 0.3) is 0 Å². The third-order valence-corrected chi connectivity index (χ3v) is 3.53. The van der Waals surface area contributed by atoms with Crippen LogP contribution in [0.25, 0.3) is 0 Å². The zero-order valence-corrected chi connectivity index (χ0v) is 13.6. The summed E-state index contributed by atoms with van der Waals surface area (Å²) in [7, 11) is 4.81. The lowest BCUT2D eigenvalue weighted by Crippen LogP contribution is -2.30. The van der Waals surface area contributed by atoms with Crippen molar-refractivity contribution in [3.8, 4) is 0 Å². The lowest BCUT2D eigenvalue weighted by atomic mass is 10.1. The third kappa shape index (κ3) is 3.75. The second kappa shape index (κ2) is 7.06. The van der Waals surface area contributed by atoms with Crippen molar-refractivity contribution in [2.75, 3.05) is 19.5 Å². The minimum atomic E-state index is -0.537. The first kappa shape index (κ1) is 16.7. The number of aromatic nitrogens is 2. The zero-order chi connectivity index (χ0) is 17.0. The van der Waals surface area contributed by atoms with Gasteiger partial charge < -0.3 is 15.4 Å². The minimum Gasteiger partial charge on any atom is -0.465 e. The van der Waals surface area contributed by atoms with Crippen LogP contribution in [0.15, 0.2) is 30.6 Å². The molecule has 1 atom stereocenters. The van der Waals surface area contributed by atoms with Crippen LogP contribution in [-0.2, 0) is 16.6 Å². The third-order valence-electron chi connectivity index (χ3n) is 3.53. The molecule has 0 saturated carbocycles. The molecule has 1 amide bonds. The molecule has 0 spiro atoms. The number of benzene rings is 1. The van der Waals surface area contributed by atoms with Crippen molar-refractivity contribution in [1.82, 2.24) is 15.1 Å². The van der Waals surface area contributed by atoms with Crippen molar-refractivity contribution in [2.45, 2.75) is 13.0 Å². The van der Waals surface area contributed by atoms with Crippen LogP contribution in [0.5, 0.6) is 0 Å². The van der Waals surface area contributed by atoms with Crippen LogP contribution in [0.3, 0.4) is 0 Å². The van der Waals surface area contributed by atoms with Crippen molar-refractivity contribution in [1.29, 1.82) is 0 Å². The summed E-state index contributed by atoms with van der Waals surface area (Å²) >= 11 is 0. The molecule has 0 fully saturated rings. The van der Waals surface area contributed by atoms with Gasteiger partial charge in [-0.25, -0.2) is 4.79 Å². The minimum absolute atomic E-state index is 0.231. The van der Waals surface area contributed by atoms with E-state index >= 15 is 0 Å². The summed E-state index contributed by atoms with van der Waals surface area (Å²) in [5, 5.41) is 9.88. The molecule has 23 heavy (non-hydrogen) atoms. The second-order valence-electron chi connectivity index (χ2n) is 5.18. The van der Waals surface area contributed by atoms with E-state index in [0.717, 1.165) is 11.1 Å². The summed E-state index contributed by atoms with van der Waals surface area (Å²) in [5.41, 5.74) is 2.57. The molecule has 122 valence electrons. The van der Waals surface area contributed by atoms with Gasteiger partial charge in [-0.15, -0.1) is 0 Å². The molecule has 0 aliphatic rings. The number of methoxy groups -OCH3 is 1. The number of anilines is 1. The van der Waals surface area contributed by atoms with Crippen LogP contribution in [0.1, 0.15) is 27.5 Å². The lowest BCUT2D eigenvalue weighted by Gasteiger charge is -2.16. The van der Waals surface area contributed by atoms with Crippen LogP contribution in [0, 0.1) is 6.92 Å². The maximum atomic E-state index is 12.5. The van der Waals surface area contributed by atoms with Gasteiger partial charge in [0.2, 0.25) is 5.91 Å². The van der Waals surface area contributed by atoms with E-state index in [9.17, 15) is 9.59 Å². The van der Waals surface area contributed by atoms with Crippen LogP contribution >= 0.6 is 0 Å². The van der Waals surface area contributed by atoms with Gasteiger partial charge >= 0.3 is 5.97 Å². The maximum Gasteiger partial charge on any atom is 0.337 e. The number of nitrogens with zero attached hydrogens (tertiary/aromatic N) is 2. The summed E-state index contributed by atoms with van der Waals surface area (Å²) < 4.78 is 6.34. The smallest absolute Gasteiger partial charge is 0.337 e. The molecule has 0 aliphatic heterocycles. The number of hydrogen-bond donors (Lipinski definition) is 2. The van der Waals surface area contributed by atoms with E-state index in [4.69, 9.17) is 4.74 Å². The first-order chi connectivity index (χ1) is 11.0. The van der Waals surface area contributed by atoms with E-state index in [1.54, 1.807) is 49.4 Å². The number of hydrogen-bond acceptors (Lipinski definition) is 5. The first-order valence-electron chi connectivity index (χ1n) is 7.12. The number of aryl methyl sites for hydroxylation is 2. The molecule has 0 saturated heterocycles. The normalized spacial score (nSPS) is 11.8. The Hall–Kier alpha value is -2.67. The van der Waals surface area contributed by atoms with Gasteiger partial charge in [0.15, 0.2) is 0 Å². The highest BCUT2D eigenvalue weighted by Crippen LogP contribution is 2.20. The number of ether oxygens (including phenoxy) is 1. The Bertz CT molecular complexity index is 724. The molecule has 7 nitrogen and oxygen atoms in total. The van der Waals surface area contributed by atoms with E-state index in [2.05, 4.69) is 15.7 Å². The van der Waals surface area contributed by atoms with Gasteiger partial charge in [0.1, 0.15) is 6.04 Å². The fourth-order valence-corrected chi connectivity index (χ4v) is 2.24. The van der Waals surface area contributed by atoms with Crippen LogP contribution in [0.4, 0.5) is 5.69 Å². The summed E-state index contributed by atoms with van der Waals surface area (Å²) in [4.78, 5) is 24.1. The van der Waals surface area contributed by atoms with Crippen molar-refractivity contribution >= 4 is 17.6 Å². The van der Waals surface area contributed by atoms with E-state index < -0.39 is 12.0 Å². The summed E-state index contributed by atoms with van der Waals surface area (Å²) in [5.74, 6) is -0.677. The Morgan fingerprint density at radius 3 is 2.65 bits per heavy atom. The zero-order valence-electron chi connectivity index (χ0n) is 13.6. The predicted molar refractivity (Wildman–Crippen MR) is 86.2 cm³/mol. The molecular formula is C16H20N4O3. The van der Waals surface area contributed by atoms with Gasteiger partial charge in [-0.1, -0.05) is 6.07 Å². The summed E-state index contributed by atoms with van der Waals surface area (Å²) in [6.07, 6.45) is 3.41. The van der Waals surface area contributed by atoms with Gasteiger partial charge in [-0.3, -0.25) is 9.48 Å². The molecule has 2 rings (SSSR count). The second-order valence-corrected chi connectivity index (χ2v) is 5.18. The number of esters is 1. The van der Waals surface area contributed by atoms with E-state index in [1.165, 1.54) is 7.11 Å². The molecule has 2 aromatic rings. The molecule has 1 aromatic heterocycles. The first-order valence-corrected chi connectivity index (χ1v) is 7.12. The highest BCUT2D eigenvalue weighted by atomic mass is 16.5. The average Bonchev–Trinajstić information content (AvgIpc) is 2.95. The van der Waals surface area contributed by atoms with E-state index in [0.29, 0.717) is 11.3 Å². The van der Waals surface area contributed by atoms with Gasteiger partial charge in [-0.05, 0) is 31.7 Å². The van der Waals surface area contributed by atoms with E-state index in [1.807, 2.05) is 6.92 Å². The number of likely N-dealkylation sites (N-methyl/N-ethyl adjacent to an activating group) is 1. The molecule has 1 unspecified atom stereocenters. The Morgan fingerprint density at radius 1 is 1.35 bits per heavy atom. The molecule has 7 heteroatoms. The highest BCUT2D eigenvalue weighted by Gasteiger charge is 2.21. The molecule has 0 bridgehead atoms. The SMILES string of the molecule is CNC(C(=O)Nc1cc(C(=O)OC)ccc1C)c1cnn(C)c1. The molecule has 2 N–H and O–H groups in total. The van der Waals surface area contributed by atoms with Crippen molar-refractivity contribution < 1.29 is 14.3 Å². The van der Waals surface area contributed by atoms with E-state index in [-0.39, 0.29) is 5.91 Å². The number of rotatable bonds is 5.